The molecule has 1 unspecified atom stereocenters. The van der Waals surface area contributed by atoms with Crippen molar-refractivity contribution in [2.45, 2.75) is 18.9 Å². The predicted octanol–water partition coefficient (Wildman–Crippen LogP) is -1.27. The van der Waals surface area contributed by atoms with Crippen LogP contribution < -0.4 is 5.32 Å². The topological polar surface area (TPSA) is 78.9 Å². The molecule has 6 nitrogen and oxygen atoms in total. The smallest absolute Gasteiger partial charge is 0.311 e. The van der Waals surface area contributed by atoms with Crippen LogP contribution in [0.15, 0.2) is 0 Å². The largest absolute Gasteiger partial charge is 0.395 e. The van der Waals surface area contributed by atoms with Crippen LogP contribution in [0.25, 0.3) is 0 Å². The SMILES string of the molecule is CN(CCO)C(=O)C(=O)NCC1CCCO1. The molecule has 16 heavy (non-hydrogen) atoms. The van der Waals surface area contributed by atoms with Gasteiger partial charge in [-0.1, -0.05) is 0 Å². The van der Waals surface area contributed by atoms with Gasteiger partial charge in [-0.05, 0) is 12.8 Å². The minimum Gasteiger partial charge on any atom is -0.395 e. The summed E-state index contributed by atoms with van der Waals surface area (Å²) in [6.07, 6.45) is 1.94. The number of carbonyl (C=O) groups excluding carboxylic acids is 2. The lowest BCUT2D eigenvalue weighted by molar-refractivity contribution is -0.145. The fraction of sp³-hybridized carbons (Fsp3) is 0.800. The van der Waals surface area contributed by atoms with Crippen molar-refractivity contribution in [3.63, 3.8) is 0 Å². The lowest BCUT2D eigenvalue weighted by Crippen LogP contribution is -2.44. The van der Waals surface area contributed by atoms with Crippen LogP contribution in [-0.2, 0) is 14.3 Å². The number of hydrogen-bond donors (Lipinski definition) is 2. The number of ether oxygens (including phenoxy) is 1. The third kappa shape index (κ3) is 3.79. The number of likely N-dealkylation sites (N-methyl/N-ethyl adjacent to an activating group) is 1. The maximum Gasteiger partial charge on any atom is 0.311 e. The van der Waals surface area contributed by atoms with E-state index < -0.39 is 11.8 Å². The molecule has 92 valence electrons. The van der Waals surface area contributed by atoms with Crippen LogP contribution in [0, 0.1) is 0 Å². The average Bonchev–Trinajstić information content (AvgIpc) is 2.78. The summed E-state index contributed by atoms with van der Waals surface area (Å²) in [4.78, 5) is 24.0. The monoisotopic (exact) mass is 230 g/mol. The Balaban J connectivity index is 2.25. The van der Waals surface area contributed by atoms with Gasteiger partial charge in [0.1, 0.15) is 0 Å². The van der Waals surface area contributed by atoms with Crippen molar-refractivity contribution >= 4 is 11.8 Å². The van der Waals surface area contributed by atoms with Gasteiger partial charge in [-0.2, -0.15) is 0 Å². The first-order valence-electron chi connectivity index (χ1n) is 5.41. The Morgan fingerprint density at radius 2 is 2.31 bits per heavy atom. The van der Waals surface area contributed by atoms with E-state index in [-0.39, 0.29) is 19.3 Å². The molecule has 6 heteroatoms. The Bertz CT molecular complexity index is 251. The van der Waals surface area contributed by atoms with Crippen molar-refractivity contribution in [3.05, 3.63) is 0 Å². The first-order valence-corrected chi connectivity index (χ1v) is 5.41. The maximum atomic E-state index is 11.4. The van der Waals surface area contributed by atoms with Crippen LogP contribution in [-0.4, -0.2) is 61.3 Å². The maximum absolute atomic E-state index is 11.4. The van der Waals surface area contributed by atoms with E-state index in [1.54, 1.807) is 0 Å². The van der Waals surface area contributed by atoms with E-state index in [2.05, 4.69) is 5.32 Å². The van der Waals surface area contributed by atoms with Crippen LogP contribution in [0.1, 0.15) is 12.8 Å². The van der Waals surface area contributed by atoms with Gasteiger partial charge in [0.15, 0.2) is 0 Å². The highest BCUT2D eigenvalue weighted by molar-refractivity contribution is 6.34. The summed E-state index contributed by atoms with van der Waals surface area (Å²) in [6, 6.07) is 0. The molecule has 1 fully saturated rings. The van der Waals surface area contributed by atoms with E-state index >= 15 is 0 Å². The second-order valence-corrected chi connectivity index (χ2v) is 3.80. The van der Waals surface area contributed by atoms with Crippen LogP contribution in [0.4, 0.5) is 0 Å². The Morgan fingerprint density at radius 1 is 1.56 bits per heavy atom. The van der Waals surface area contributed by atoms with Crippen LogP contribution in [0.5, 0.6) is 0 Å². The summed E-state index contributed by atoms with van der Waals surface area (Å²) in [5.74, 6) is -1.28. The zero-order chi connectivity index (χ0) is 12.0. The minimum atomic E-state index is -0.647. The number of aliphatic hydroxyl groups excluding tert-OH is 1. The van der Waals surface area contributed by atoms with Gasteiger partial charge < -0.3 is 20.1 Å². The van der Waals surface area contributed by atoms with Crippen LogP contribution >= 0.6 is 0 Å². The van der Waals surface area contributed by atoms with E-state index in [4.69, 9.17) is 9.84 Å². The zero-order valence-electron chi connectivity index (χ0n) is 9.44. The molecule has 2 N–H and O–H groups in total. The number of rotatable bonds is 4. The van der Waals surface area contributed by atoms with Gasteiger partial charge in [0.05, 0.1) is 12.7 Å². The number of carbonyl (C=O) groups is 2. The predicted molar refractivity (Wildman–Crippen MR) is 56.7 cm³/mol. The molecule has 1 atom stereocenters. The van der Waals surface area contributed by atoms with E-state index in [1.165, 1.54) is 11.9 Å². The molecule has 0 aliphatic carbocycles. The van der Waals surface area contributed by atoms with Gasteiger partial charge in [-0.15, -0.1) is 0 Å². The number of nitrogens with zero attached hydrogens (tertiary/aromatic N) is 1. The minimum absolute atomic E-state index is 0.0277. The normalized spacial score (nSPS) is 19.5. The van der Waals surface area contributed by atoms with Crippen LogP contribution in [0.3, 0.4) is 0 Å². The van der Waals surface area contributed by atoms with Crippen molar-refractivity contribution < 1.29 is 19.4 Å². The second kappa shape index (κ2) is 6.44. The lowest BCUT2D eigenvalue weighted by atomic mass is 10.2. The van der Waals surface area contributed by atoms with E-state index in [9.17, 15) is 9.59 Å². The fourth-order valence-electron chi connectivity index (χ4n) is 1.51. The Kier molecular flexibility index (Phi) is 5.21. The highest BCUT2D eigenvalue weighted by Gasteiger charge is 2.21. The number of nitrogens with one attached hydrogen (secondary N) is 1. The second-order valence-electron chi connectivity index (χ2n) is 3.80. The molecule has 1 rings (SSSR count). The summed E-state index contributed by atoms with van der Waals surface area (Å²) < 4.78 is 5.31. The number of amides is 2. The molecule has 0 aromatic rings. The van der Waals surface area contributed by atoms with Crippen molar-refractivity contribution in [2.75, 3.05) is 33.4 Å². The third-order valence-corrected chi connectivity index (χ3v) is 2.49. The molecule has 1 heterocycles. The molecule has 1 aliphatic rings. The summed E-state index contributed by atoms with van der Waals surface area (Å²) in [5.41, 5.74) is 0. The molecular formula is C10H18N2O4. The Hall–Kier alpha value is -1.14. The molecule has 1 saturated heterocycles. The summed E-state index contributed by atoms with van der Waals surface area (Å²) >= 11 is 0. The molecule has 0 radical (unpaired) electrons. The third-order valence-electron chi connectivity index (χ3n) is 2.49. The van der Waals surface area contributed by atoms with Gasteiger partial charge in [0, 0.05) is 26.7 Å². The molecule has 0 saturated carbocycles. The van der Waals surface area contributed by atoms with Gasteiger partial charge in [-0.25, -0.2) is 0 Å². The molecule has 2 amide bonds. The van der Waals surface area contributed by atoms with Crippen molar-refractivity contribution in [2.24, 2.45) is 0 Å². The van der Waals surface area contributed by atoms with Gasteiger partial charge in [-0.3, -0.25) is 9.59 Å². The highest BCUT2D eigenvalue weighted by atomic mass is 16.5. The average molecular weight is 230 g/mol. The standard InChI is InChI=1S/C10H18N2O4/c1-12(4-5-13)10(15)9(14)11-7-8-3-2-6-16-8/h8,13H,2-7H2,1H3,(H,11,14). The first kappa shape index (κ1) is 12.9. The Labute approximate surface area is 94.6 Å². The van der Waals surface area contributed by atoms with Crippen molar-refractivity contribution in [1.82, 2.24) is 10.2 Å². The zero-order valence-corrected chi connectivity index (χ0v) is 9.44. The molecule has 0 aromatic heterocycles. The summed E-state index contributed by atoms with van der Waals surface area (Å²) in [6.45, 7) is 1.10. The number of hydrogen-bond acceptors (Lipinski definition) is 4. The van der Waals surface area contributed by atoms with E-state index in [1.807, 2.05) is 0 Å². The van der Waals surface area contributed by atoms with Crippen molar-refractivity contribution in [1.29, 1.82) is 0 Å². The van der Waals surface area contributed by atoms with Gasteiger partial charge >= 0.3 is 11.8 Å². The van der Waals surface area contributed by atoms with E-state index in [0.717, 1.165) is 19.4 Å². The van der Waals surface area contributed by atoms with Gasteiger partial charge in [0.2, 0.25) is 0 Å². The molecule has 0 bridgehead atoms. The fourth-order valence-corrected chi connectivity index (χ4v) is 1.51. The Morgan fingerprint density at radius 3 is 2.88 bits per heavy atom. The quantitative estimate of drug-likeness (QED) is 0.590. The van der Waals surface area contributed by atoms with Crippen LogP contribution in [0.2, 0.25) is 0 Å². The highest BCUT2D eigenvalue weighted by Crippen LogP contribution is 2.10. The molecule has 0 spiro atoms. The molecule has 1 aliphatic heterocycles. The summed E-state index contributed by atoms with van der Waals surface area (Å²) in [5, 5.41) is 11.2. The first-order chi connectivity index (χ1) is 7.65. The summed E-state index contributed by atoms with van der Waals surface area (Å²) in [7, 11) is 1.48. The van der Waals surface area contributed by atoms with E-state index in [0.29, 0.717) is 6.54 Å². The lowest BCUT2D eigenvalue weighted by Gasteiger charge is -2.16. The van der Waals surface area contributed by atoms with Gasteiger partial charge in [0.25, 0.3) is 0 Å². The molecular weight excluding hydrogens is 212 g/mol. The van der Waals surface area contributed by atoms with Crippen molar-refractivity contribution in [3.8, 4) is 0 Å². The molecule has 0 aromatic carbocycles. The number of aliphatic hydroxyl groups is 1.